The Morgan fingerprint density at radius 2 is 1.94 bits per heavy atom. The fourth-order valence-electron chi connectivity index (χ4n) is 3.05. The molecule has 0 aliphatic rings. The number of furan rings is 1. The highest BCUT2D eigenvalue weighted by molar-refractivity contribution is 9.10. The van der Waals surface area contributed by atoms with Gasteiger partial charge in [0.2, 0.25) is 0 Å². The van der Waals surface area contributed by atoms with Gasteiger partial charge in [-0.05, 0) is 54.6 Å². The van der Waals surface area contributed by atoms with Crippen LogP contribution in [0.3, 0.4) is 0 Å². The first kappa shape index (κ1) is 20.8. The van der Waals surface area contributed by atoms with Crippen LogP contribution < -0.4 is 0 Å². The molecule has 31 heavy (non-hydrogen) atoms. The molecule has 154 valence electrons. The quantitative estimate of drug-likeness (QED) is 0.242. The fraction of sp³-hybridized carbons (Fsp3) is 0. The number of nitro groups is 1. The number of aromatic carboxylic acids is 1. The van der Waals surface area contributed by atoms with E-state index >= 15 is 0 Å². The van der Waals surface area contributed by atoms with Crippen molar-refractivity contribution >= 4 is 62.2 Å². The van der Waals surface area contributed by atoms with E-state index in [2.05, 4.69) is 20.9 Å². The second-order valence-electron chi connectivity index (χ2n) is 6.52. The van der Waals surface area contributed by atoms with Crippen molar-refractivity contribution in [3.8, 4) is 11.3 Å². The van der Waals surface area contributed by atoms with Crippen LogP contribution in [0.15, 0.2) is 63.5 Å². The molecule has 9 heteroatoms. The van der Waals surface area contributed by atoms with Crippen LogP contribution in [-0.2, 0) is 0 Å². The second kappa shape index (κ2) is 8.33. The minimum absolute atomic E-state index is 0.107. The molecule has 0 spiro atoms. The van der Waals surface area contributed by atoms with Crippen molar-refractivity contribution < 1.29 is 19.2 Å². The number of rotatable bonds is 5. The summed E-state index contributed by atoms with van der Waals surface area (Å²) in [4.78, 5) is 26.5. The number of carboxylic acids is 1. The number of halogens is 2. The van der Waals surface area contributed by atoms with Gasteiger partial charge in [0, 0.05) is 27.6 Å². The average molecular weight is 500 g/mol. The first-order valence-electron chi connectivity index (χ1n) is 8.87. The number of carbonyl (C=O) groups is 1. The largest absolute Gasteiger partial charge is 0.478 e. The van der Waals surface area contributed by atoms with Crippen LogP contribution in [-0.4, -0.2) is 21.0 Å². The zero-order chi connectivity index (χ0) is 22.1. The maximum Gasteiger partial charge on any atom is 0.336 e. The molecule has 0 aliphatic carbocycles. The summed E-state index contributed by atoms with van der Waals surface area (Å²) >= 11 is 9.50. The SMILES string of the molecule is O=C(O)c1cc(/C=C/c2ccc(-c3ccc([N+](=O)[O-])cc3Cl)o2)nc2ccc(Br)cc12. The lowest BCUT2D eigenvalue weighted by atomic mass is 10.1. The van der Waals surface area contributed by atoms with Crippen LogP contribution in [0.4, 0.5) is 5.69 Å². The summed E-state index contributed by atoms with van der Waals surface area (Å²) in [6.45, 7) is 0. The number of nitro benzene ring substituents is 1. The number of nitrogens with zero attached hydrogens (tertiary/aromatic N) is 2. The lowest BCUT2D eigenvalue weighted by Crippen LogP contribution is -2.00. The summed E-state index contributed by atoms with van der Waals surface area (Å²) in [6.07, 6.45) is 3.30. The lowest BCUT2D eigenvalue weighted by molar-refractivity contribution is -0.384. The van der Waals surface area contributed by atoms with Crippen molar-refractivity contribution in [1.82, 2.24) is 4.98 Å². The normalized spacial score (nSPS) is 11.3. The average Bonchev–Trinajstić information content (AvgIpc) is 3.20. The van der Waals surface area contributed by atoms with E-state index in [4.69, 9.17) is 16.0 Å². The molecule has 2 aromatic heterocycles. The highest BCUT2D eigenvalue weighted by Crippen LogP contribution is 2.32. The standard InChI is InChI=1S/C22H12BrClN2O5/c23-12-1-7-20-17(9-12)18(22(27)28)10-13(25-20)2-4-15-5-8-21(31-15)16-6-3-14(26(29)30)11-19(16)24/h1-11H,(H,27,28)/b4-2+. The van der Waals surface area contributed by atoms with Gasteiger partial charge in [0.1, 0.15) is 11.5 Å². The topological polar surface area (TPSA) is 106 Å². The van der Waals surface area contributed by atoms with Gasteiger partial charge in [-0.3, -0.25) is 10.1 Å². The second-order valence-corrected chi connectivity index (χ2v) is 7.84. The Bertz CT molecular complexity index is 1380. The number of hydrogen-bond acceptors (Lipinski definition) is 5. The minimum Gasteiger partial charge on any atom is -0.478 e. The summed E-state index contributed by atoms with van der Waals surface area (Å²) < 4.78 is 6.53. The van der Waals surface area contributed by atoms with Gasteiger partial charge in [-0.25, -0.2) is 9.78 Å². The van der Waals surface area contributed by atoms with E-state index in [9.17, 15) is 20.0 Å². The number of benzene rings is 2. The number of fused-ring (bicyclic) bond motifs is 1. The molecule has 0 atom stereocenters. The molecule has 0 bridgehead atoms. The molecule has 4 aromatic rings. The molecule has 2 aromatic carbocycles. The van der Waals surface area contributed by atoms with Gasteiger partial charge in [0.15, 0.2) is 0 Å². The van der Waals surface area contributed by atoms with Crippen molar-refractivity contribution in [1.29, 1.82) is 0 Å². The third-order valence-corrected chi connectivity index (χ3v) is 5.30. The van der Waals surface area contributed by atoms with Gasteiger partial charge in [0.25, 0.3) is 5.69 Å². The first-order valence-corrected chi connectivity index (χ1v) is 10.0. The number of hydrogen-bond donors (Lipinski definition) is 1. The third-order valence-electron chi connectivity index (χ3n) is 4.50. The molecule has 4 rings (SSSR count). The first-order chi connectivity index (χ1) is 14.8. The van der Waals surface area contributed by atoms with E-state index < -0.39 is 10.9 Å². The van der Waals surface area contributed by atoms with Crippen LogP contribution in [0, 0.1) is 10.1 Å². The maximum atomic E-state index is 11.7. The van der Waals surface area contributed by atoms with Crippen LogP contribution in [0.25, 0.3) is 34.4 Å². The van der Waals surface area contributed by atoms with Crippen molar-refractivity contribution in [3.05, 3.63) is 91.2 Å². The van der Waals surface area contributed by atoms with E-state index in [1.54, 1.807) is 42.5 Å². The molecule has 1 N–H and O–H groups in total. The van der Waals surface area contributed by atoms with E-state index in [-0.39, 0.29) is 16.3 Å². The molecule has 0 radical (unpaired) electrons. The zero-order valence-corrected chi connectivity index (χ0v) is 17.9. The highest BCUT2D eigenvalue weighted by atomic mass is 79.9. The van der Waals surface area contributed by atoms with Crippen molar-refractivity contribution in [2.24, 2.45) is 0 Å². The van der Waals surface area contributed by atoms with Gasteiger partial charge >= 0.3 is 5.97 Å². The van der Waals surface area contributed by atoms with E-state index in [0.29, 0.717) is 33.7 Å². The van der Waals surface area contributed by atoms with Crippen molar-refractivity contribution in [2.45, 2.75) is 0 Å². The van der Waals surface area contributed by atoms with Gasteiger partial charge in [-0.2, -0.15) is 0 Å². The fourth-order valence-corrected chi connectivity index (χ4v) is 3.68. The molecule has 0 saturated heterocycles. The monoisotopic (exact) mass is 498 g/mol. The third kappa shape index (κ3) is 4.35. The smallest absolute Gasteiger partial charge is 0.336 e. The maximum absolute atomic E-state index is 11.7. The number of non-ortho nitro benzene ring substituents is 1. The minimum atomic E-state index is -1.05. The van der Waals surface area contributed by atoms with Crippen LogP contribution in [0.2, 0.25) is 5.02 Å². The molecular weight excluding hydrogens is 488 g/mol. The Hall–Kier alpha value is -3.49. The summed E-state index contributed by atoms with van der Waals surface area (Å²) in [7, 11) is 0. The summed E-state index contributed by atoms with van der Waals surface area (Å²) in [6, 6.07) is 14.3. The van der Waals surface area contributed by atoms with Gasteiger partial charge in [-0.1, -0.05) is 27.5 Å². The number of carboxylic acid groups (broad SMARTS) is 1. The predicted octanol–water partition coefficient (Wildman–Crippen LogP) is 6.69. The van der Waals surface area contributed by atoms with Gasteiger partial charge < -0.3 is 9.52 Å². The van der Waals surface area contributed by atoms with Crippen molar-refractivity contribution in [3.63, 3.8) is 0 Å². The summed E-state index contributed by atoms with van der Waals surface area (Å²) in [5, 5.41) is 21.1. The van der Waals surface area contributed by atoms with Crippen LogP contribution >= 0.6 is 27.5 Å². The lowest BCUT2D eigenvalue weighted by Gasteiger charge is -2.05. The Morgan fingerprint density at radius 3 is 2.65 bits per heavy atom. The molecule has 0 amide bonds. The van der Waals surface area contributed by atoms with Crippen LogP contribution in [0.5, 0.6) is 0 Å². The Labute approximate surface area is 188 Å². The van der Waals surface area contributed by atoms with E-state index in [0.717, 1.165) is 4.47 Å². The number of pyridine rings is 1. The highest BCUT2D eigenvalue weighted by Gasteiger charge is 2.14. The molecular formula is C22H12BrClN2O5. The van der Waals surface area contributed by atoms with Gasteiger partial charge in [0.05, 0.1) is 26.7 Å². The van der Waals surface area contributed by atoms with Gasteiger partial charge in [-0.15, -0.1) is 0 Å². The Balaban J connectivity index is 1.65. The summed E-state index contributed by atoms with van der Waals surface area (Å²) in [5.41, 5.74) is 1.57. The van der Waals surface area contributed by atoms with Crippen molar-refractivity contribution in [2.75, 3.05) is 0 Å². The molecule has 0 aliphatic heterocycles. The summed E-state index contributed by atoms with van der Waals surface area (Å²) in [5.74, 6) is -0.116. The molecule has 0 saturated carbocycles. The molecule has 2 heterocycles. The molecule has 0 unspecified atom stereocenters. The number of aromatic nitrogens is 1. The predicted molar refractivity (Wildman–Crippen MR) is 121 cm³/mol. The Kier molecular flexibility index (Phi) is 5.58. The van der Waals surface area contributed by atoms with E-state index in [1.165, 1.54) is 24.3 Å². The van der Waals surface area contributed by atoms with E-state index in [1.807, 2.05) is 0 Å². The molecule has 7 nitrogen and oxygen atoms in total. The molecule has 0 fully saturated rings. The Morgan fingerprint density at radius 1 is 1.13 bits per heavy atom. The zero-order valence-electron chi connectivity index (χ0n) is 15.6. The van der Waals surface area contributed by atoms with Crippen LogP contribution in [0.1, 0.15) is 21.8 Å².